The summed E-state index contributed by atoms with van der Waals surface area (Å²) in [6, 6.07) is 6.94. The Morgan fingerprint density at radius 3 is 2.59 bits per heavy atom. The van der Waals surface area contributed by atoms with E-state index >= 15 is 0 Å². The van der Waals surface area contributed by atoms with Crippen molar-refractivity contribution in [2.45, 2.75) is 35.4 Å². The number of thioether (sulfide) groups is 1. The predicted molar refractivity (Wildman–Crippen MR) is 102 cm³/mol. The summed E-state index contributed by atoms with van der Waals surface area (Å²) in [7, 11) is 0. The van der Waals surface area contributed by atoms with Crippen LogP contribution >= 0.6 is 23.1 Å². The fraction of sp³-hybridized carbons (Fsp3) is 0.421. The molecule has 3 rings (SSSR count). The predicted octanol–water partition coefficient (Wildman–Crippen LogP) is 4.65. The first-order valence-corrected chi connectivity index (χ1v) is 10.6. The van der Waals surface area contributed by atoms with Crippen LogP contribution in [0.1, 0.15) is 40.4 Å². The molecule has 0 saturated heterocycles. The minimum absolute atomic E-state index is 0.0219. The van der Waals surface area contributed by atoms with Crippen molar-refractivity contribution in [2.24, 2.45) is 11.8 Å². The number of aliphatic hydroxyl groups excluding tert-OH is 1. The van der Waals surface area contributed by atoms with Crippen LogP contribution in [-0.2, 0) is 6.18 Å². The molecule has 1 saturated carbocycles. The standard InChI is InChI=1S/C19H17F3N2O3S2/c20-19(21,22)12-3-1-10(2-4-12)16-13(11(8-23)7-15(16)25)5-6-28-18-24-14(9-29-18)17(26)27/h1-4,9,11,13,15-16,25H,5-7H2,(H,26,27)/t11-,13?,15+,16?/m0/s1. The van der Waals surface area contributed by atoms with E-state index in [1.54, 1.807) is 0 Å². The fourth-order valence-corrected chi connectivity index (χ4v) is 5.63. The summed E-state index contributed by atoms with van der Waals surface area (Å²) in [5.74, 6) is -1.58. The number of benzene rings is 1. The summed E-state index contributed by atoms with van der Waals surface area (Å²) in [6.07, 6.45) is -4.41. The molecule has 1 aliphatic rings. The van der Waals surface area contributed by atoms with E-state index in [4.69, 9.17) is 5.11 Å². The molecule has 10 heteroatoms. The summed E-state index contributed by atoms with van der Waals surface area (Å²) in [5.41, 5.74) is -0.192. The topological polar surface area (TPSA) is 94.2 Å². The van der Waals surface area contributed by atoms with E-state index in [9.17, 15) is 28.3 Å². The number of hydrogen-bond donors (Lipinski definition) is 2. The Morgan fingerprint density at radius 1 is 1.34 bits per heavy atom. The number of nitrogens with zero attached hydrogens (tertiary/aromatic N) is 2. The lowest BCUT2D eigenvalue weighted by molar-refractivity contribution is -0.137. The number of rotatable bonds is 6. The molecule has 0 amide bonds. The molecule has 29 heavy (non-hydrogen) atoms. The second-order valence-electron chi connectivity index (χ2n) is 6.79. The number of alkyl halides is 3. The highest BCUT2D eigenvalue weighted by Crippen LogP contribution is 2.46. The molecule has 0 radical (unpaired) electrons. The minimum atomic E-state index is -4.43. The lowest BCUT2D eigenvalue weighted by Gasteiger charge is -2.24. The zero-order valence-corrected chi connectivity index (χ0v) is 16.6. The van der Waals surface area contributed by atoms with Gasteiger partial charge in [0, 0.05) is 17.1 Å². The number of halogens is 3. The number of hydrogen-bond acceptors (Lipinski definition) is 6. The van der Waals surface area contributed by atoms with Crippen molar-refractivity contribution in [3.05, 3.63) is 46.5 Å². The number of carboxylic acid groups (broad SMARTS) is 1. The van der Waals surface area contributed by atoms with Gasteiger partial charge in [-0.1, -0.05) is 23.9 Å². The van der Waals surface area contributed by atoms with Crippen molar-refractivity contribution in [1.29, 1.82) is 5.26 Å². The first-order chi connectivity index (χ1) is 13.7. The second kappa shape index (κ2) is 8.73. The molecule has 0 bridgehead atoms. The molecule has 1 aromatic carbocycles. The largest absolute Gasteiger partial charge is 0.476 e. The van der Waals surface area contributed by atoms with Gasteiger partial charge in [-0.05, 0) is 36.5 Å². The van der Waals surface area contributed by atoms with Gasteiger partial charge >= 0.3 is 12.1 Å². The first kappa shape index (κ1) is 21.6. The summed E-state index contributed by atoms with van der Waals surface area (Å²) < 4.78 is 39.0. The van der Waals surface area contributed by atoms with E-state index in [0.717, 1.165) is 12.1 Å². The van der Waals surface area contributed by atoms with E-state index < -0.39 is 35.6 Å². The van der Waals surface area contributed by atoms with Crippen LogP contribution in [0.25, 0.3) is 0 Å². The molecule has 5 nitrogen and oxygen atoms in total. The monoisotopic (exact) mass is 442 g/mol. The number of thiazole rings is 1. The van der Waals surface area contributed by atoms with Crippen LogP contribution in [0.2, 0.25) is 0 Å². The first-order valence-electron chi connectivity index (χ1n) is 8.77. The van der Waals surface area contributed by atoms with Gasteiger partial charge in [-0.15, -0.1) is 11.3 Å². The van der Waals surface area contributed by atoms with Crippen LogP contribution < -0.4 is 0 Å². The van der Waals surface area contributed by atoms with Crippen molar-refractivity contribution in [3.63, 3.8) is 0 Å². The Labute approximate surface area is 173 Å². The SMILES string of the molecule is N#C[C@@H]1C[C@@H](O)C(c2ccc(C(F)(F)F)cc2)C1CCSc1nc(C(=O)O)cs1. The molecule has 1 fully saturated rings. The van der Waals surface area contributed by atoms with E-state index in [0.29, 0.717) is 22.1 Å². The molecule has 2 N–H and O–H groups in total. The molecule has 0 spiro atoms. The Bertz CT molecular complexity index is 909. The average molecular weight is 442 g/mol. The highest BCUT2D eigenvalue weighted by Gasteiger charge is 2.43. The van der Waals surface area contributed by atoms with E-state index in [2.05, 4.69) is 11.1 Å². The van der Waals surface area contributed by atoms with Crippen molar-refractivity contribution in [1.82, 2.24) is 4.98 Å². The Kier molecular flexibility index (Phi) is 6.51. The van der Waals surface area contributed by atoms with Crippen molar-refractivity contribution in [3.8, 4) is 6.07 Å². The number of aliphatic hydroxyl groups is 1. The molecule has 1 heterocycles. The van der Waals surface area contributed by atoms with Gasteiger partial charge in [0.2, 0.25) is 0 Å². The van der Waals surface area contributed by atoms with Crippen LogP contribution in [-0.4, -0.2) is 33.0 Å². The van der Waals surface area contributed by atoms with Gasteiger partial charge in [-0.25, -0.2) is 9.78 Å². The lowest BCUT2D eigenvalue weighted by Crippen LogP contribution is -2.19. The number of nitriles is 1. The van der Waals surface area contributed by atoms with Crippen LogP contribution in [0, 0.1) is 23.2 Å². The van der Waals surface area contributed by atoms with Crippen molar-refractivity contribution in [2.75, 3.05) is 5.75 Å². The van der Waals surface area contributed by atoms with E-state index in [1.807, 2.05) is 0 Å². The molecule has 154 valence electrons. The lowest BCUT2D eigenvalue weighted by atomic mass is 9.82. The Morgan fingerprint density at radius 2 is 2.03 bits per heavy atom. The minimum Gasteiger partial charge on any atom is -0.476 e. The van der Waals surface area contributed by atoms with Crippen LogP contribution in [0.4, 0.5) is 13.2 Å². The number of carbonyl (C=O) groups is 1. The third-order valence-electron chi connectivity index (χ3n) is 5.06. The zero-order valence-electron chi connectivity index (χ0n) is 15.0. The quantitative estimate of drug-likeness (QED) is 0.633. The maximum absolute atomic E-state index is 12.8. The van der Waals surface area contributed by atoms with Crippen molar-refractivity contribution < 1.29 is 28.2 Å². The van der Waals surface area contributed by atoms with Gasteiger partial charge in [-0.2, -0.15) is 18.4 Å². The van der Waals surface area contributed by atoms with Gasteiger partial charge in [0.15, 0.2) is 10.0 Å². The maximum atomic E-state index is 12.8. The number of carboxylic acids is 1. The smallest absolute Gasteiger partial charge is 0.416 e. The summed E-state index contributed by atoms with van der Waals surface area (Å²) >= 11 is 2.59. The van der Waals surface area contributed by atoms with Crippen molar-refractivity contribution >= 4 is 29.1 Å². The average Bonchev–Trinajstić information content (AvgIpc) is 3.26. The summed E-state index contributed by atoms with van der Waals surface area (Å²) in [4.78, 5) is 14.9. The number of aromatic carboxylic acids is 1. The van der Waals surface area contributed by atoms with Gasteiger partial charge in [0.05, 0.1) is 23.7 Å². The molecule has 4 atom stereocenters. The molecule has 1 aliphatic carbocycles. The summed E-state index contributed by atoms with van der Waals surface area (Å²) in [6.45, 7) is 0. The van der Waals surface area contributed by atoms with E-state index in [-0.39, 0.29) is 18.0 Å². The van der Waals surface area contributed by atoms with Gasteiger partial charge < -0.3 is 10.2 Å². The van der Waals surface area contributed by atoms with Gasteiger partial charge in [-0.3, -0.25) is 0 Å². The zero-order chi connectivity index (χ0) is 21.2. The third-order valence-corrected chi connectivity index (χ3v) is 7.11. The van der Waals surface area contributed by atoms with Crippen LogP contribution in [0.3, 0.4) is 0 Å². The fourth-order valence-electron chi connectivity index (χ4n) is 3.71. The summed E-state index contributed by atoms with van der Waals surface area (Å²) in [5, 5.41) is 30.3. The molecular formula is C19H17F3N2O3S2. The molecule has 2 aromatic rings. The second-order valence-corrected chi connectivity index (χ2v) is 8.99. The highest BCUT2D eigenvalue weighted by atomic mass is 32.2. The van der Waals surface area contributed by atoms with Gasteiger partial charge in [0.1, 0.15) is 0 Å². The third kappa shape index (κ3) is 4.91. The molecule has 2 unspecified atom stereocenters. The maximum Gasteiger partial charge on any atom is 0.416 e. The van der Waals surface area contributed by atoms with Crippen LogP contribution in [0.15, 0.2) is 34.0 Å². The number of aromatic nitrogens is 1. The highest BCUT2D eigenvalue weighted by molar-refractivity contribution is 8.01. The molecule has 0 aliphatic heterocycles. The Balaban J connectivity index is 1.71. The molecular weight excluding hydrogens is 425 g/mol. The van der Waals surface area contributed by atoms with E-state index in [1.165, 1.54) is 40.6 Å². The van der Waals surface area contributed by atoms with Crippen LogP contribution in [0.5, 0.6) is 0 Å². The van der Waals surface area contributed by atoms with Gasteiger partial charge in [0.25, 0.3) is 0 Å². The molecule has 1 aromatic heterocycles. The normalized spacial score (nSPS) is 24.4. The Hall–Kier alpha value is -2.09.